The average Bonchev–Trinajstić information content (AvgIpc) is 3.51. The lowest BCUT2D eigenvalue weighted by Gasteiger charge is -2.38. The second-order valence-corrected chi connectivity index (χ2v) is 9.42. The Morgan fingerprint density at radius 2 is 1.86 bits per heavy atom. The van der Waals surface area contributed by atoms with Crippen molar-refractivity contribution in [3.63, 3.8) is 0 Å². The minimum atomic E-state index is -3.64. The first-order chi connectivity index (χ1) is 13.8. The lowest BCUT2D eigenvalue weighted by atomic mass is 9.81. The quantitative estimate of drug-likeness (QED) is 0.710. The maximum atomic E-state index is 11.3. The van der Waals surface area contributed by atoms with Gasteiger partial charge in [0.25, 0.3) is 10.2 Å². The molecule has 9 heteroatoms. The van der Waals surface area contributed by atoms with Crippen LogP contribution in [0.1, 0.15) is 25.7 Å². The van der Waals surface area contributed by atoms with Crippen LogP contribution in [0.2, 0.25) is 0 Å². The number of nitrogens with two attached hydrogens (primary N) is 1. The van der Waals surface area contributed by atoms with Crippen molar-refractivity contribution in [1.29, 1.82) is 0 Å². The molecule has 0 radical (unpaired) electrons. The molecule has 2 heterocycles. The van der Waals surface area contributed by atoms with Gasteiger partial charge in [0, 0.05) is 43.0 Å². The number of fused-ring (bicyclic) bond motifs is 1. The average molecular weight is 421 g/mol. The van der Waals surface area contributed by atoms with E-state index in [1.165, 1.54) is 0 Å². The maximum absolute atomic E-state index is 11.3. The van der Waals surface area contributed by atoms with Crippen molar-refractivity contribution in [3.05, 3.63) is 24.4 Å². The third kappa shape index (κ3) is 4.12. The number of anilines is 1. The van der Waals surface area contributed by atoms with Gasteiger partial charge >= 0.3 is 0 Å². The van der Waals surface area contributed by atoms with Gasteiger partial charge in [-0.3, -0.25) is 4.98 Å². The predicted molar refractivity (Wildman–Crippen MR) is 113 cm³/mol. The minimum absolute atomic E-state index is 0.0788. The molecular weight excluding hydrogens is 392 g/mol. The van der Waals surface area contributed by atoms with Gasteiger partial charge in [-0.05, 0) is 49.1 Å². The summed E-state index contributed by atoms with van der Waals surface area (Å²) in [4.78, 5) is 6.88. The minimum Gasteiger partial charge on any atom is -0.493 e. The van der Waals surface area contributed by atoms with Gasteiger partial charge in [0.15, 0.2) is 11.5 Å². The predicted octanol–water partition coefficient (Wildman–Crippen LogP) is 2.04. The van der Waals surface area contributed by atoms with E-state index in [9.17, 15) is 8.42 Å². The van der Waals surface area contributed by atoms with Crippen molar-refractivity contribution in [1.82, 2.24) is 9.71 Å². The molecule has 1 aliphatic heterocycles. The van der Waals surface area contributed by atoms with Crippen LogP contribution < -0.4 is 24.2 Å². The van der Waals surface area contributed by atoms with Crippen molar-refractivity contribution >= 4 is 26.8 Å². The SMILES string of the molecule is COc1cc2nccc(N3CCC(C4(CNS(N)(=O)=O)CC4)CC3)c2cc1OC. The molecule has 0 spiro atoms. The second kappa shape index (κ2) is 7.62. The molecule has 1 aromatic heterocycles. The Kier molecular flexibility index (Phi) is 5.30. The van der Waals surface area contributed by atoms with E-state index in [4.69, 9.17) is 14.6 Å². The van der Waals surface area contributed by atoms with Crippen LogP contribution in [0.25, 0.3) is 10.9 Å². The van der Waals surface area contributed by atoms with E-state index in [0.29, 0.717) is 24.0 Å². The molecule has 0 atom stereocenters. The first-order valence-corrected chi connectivity index (χ1v) is 11.4. The fraction of sp³-hybridized carbons (Fsp3) is 0.550. The summed E-state index contributed by atoms with van der Waals surface area (Å²) in [7, 11) is -0.379. The van der Waals surface area contributed by atoms with E-state index in [2.05, 4.69) is 14.6 Å². The summed E-state index contributed by atoms with van der Waals surface area (Å²) in [5.74, 6) is 1.87. The zero-order valence-corrected chi connectivity index (χ0v) is 17.7. The van der Waals surface area contributed by atoms with Gasteiger partial charge in [-0.25, -0.2) is 9.86 Å². The van der Waals surface area contributed by atoms with Crippen molar-refractivity contribution in [2.75, 3.05) is 38.8 Å². The highest BCUT2D eigenvalue weighted by Gasteiger charge is 2.49. The van der Waals surface area contributed by atoms with E-state index in [1.54, 1.807) is 14.2 Å². The Labute approximate surface area is 171 Å². The summed E-state index contributed by atoms with van der Waals surface area (Å²) in [6, 6.07) is 5.94. The monoisotopic (exact) mass is 420 g/mol. The number of benzene rings is 1. The van der Waals surface area contributed by atoms with Crippen LogP contribution >= 0.6 is 0 Å². The summed E-state index contributed by atoms with van der Waals surface area (Å²) >= 11 is 0. The molecule has 8 nitrogen and oxygen atoms in total. The van der Waals surface area contributed by atoms with E-state index in [0.717, 1.165) is 55.4 Å². The third-order valence-corrected chi connectivity index (χ3v) is 6.99. The van der Waals surface area contributed by atoms with Crippen LogP contribution in [-0.4, -0.2) is 47.3 Å². The fourth-order valence-corrected chi connectivity index (χ4v) is 5.09. The van der Waals surface area contributed by atoms with Crippen molar-refractivity contribution < 1.29 is 17.9 Å². The van der Waals surface area contributed by atoms with Gasteiger partial charge in [-0.1, -0.05) is 0 Å². The van der Waals surface area contributed by atoms with E-state index in [-0.39, 0.29) is 5.41 Å². The van der Waals surface area contributed by atoms with E-state index >= 15 is 0 Å². The topological polar surface area (TPSA) is 107 Å². The molecule has 1 saturated carbocycles. The third-order valence-electron chi connectivity index (χ3n) is 6.44. The number of nitrogens with zero attached hydrogens (tertiary/aromatic N) is 2. The second-order valence-electron chi connectivity index (χ2n) is 8.04. The van der Waals surface area contributed by atoms with Gasteiger partial charge in [-0.2, -0.15) is 8.42 Å². The van der Waals surface area contributed by atoms with Crippen molar-refractivity contribution in [2.24, 2.45) is 16.5 Å². The summed E-state index contributed by atoms with van der Waals surface area (Å²) < 4.78 is 35.9. The molecule has 1 aliphatic carbocycles. The smallest absolute Gasteiger partial charge is 0.274 e. The van der Waals surface area contributed by atoms with E-state index < -0.39 is 10.2 Å². The highest BCUT2D eigenvalue weighted by molar-refractivity contribution is 7.87. The lowest BCUT2D eigenvalue weighted by molar-refractivity contribution is 0.253. The van der Waals surface area contributed by atoms with Crippen molar-refractivity contribution in [3.8, 4) is 11.5 Å². The molecule has 0 amide bonds. The first kappa shape index (κ1) is 20.2. The molecule has 4 rings (SSSR count). The standard InChI is InChI=1S/C20H28N4O4S/c1-27-18-11-15-16(12-19(18)28-2)22-8-3-17(15)24-9-4-14(5-10-24)20(6-7-20)13-23-29(21,25)26/h3,8,11-12,14,23H,4-7,9-10,13H2,1-2H3,(H2,21,25,26). The molecule has 2 fully saturated rings. The largest absolute Gasteiger partial charge is 0.493 e. The number of hydrogen-bond acceptors (Lipinski definition) is 6. The number of piperidine rings is 1. The normalized spacial score (nSPS) is 19.3. The Bertz CT molecular complexity index is 999. The van der Waals surface area contributed by atoms with Crippen LogP contribution in [-0.2, 0) is 10.2 Å². The van der Waals surface area contributed by atoms with Crippen LogP contribution in [0.3, 0.4) is 0 Å². The van der Waals surface area contributed by atoms with Crippen LogP contribution in [0.5, 0.6) is 11.5 Å². The molecule has 3 N–H and O–H groups in total. The Hall–Kier alpha value is -2.10. The fourth-order valence-electron chi connectivity index (χ4n) is 4.60. The van der Waals surface area contributed by atoms with Gasteiger partial charge < -0.3 is 14.4 Å². The molecule has 2 aromatic rings. The molecule has 0 unspecified atom stereocenters. The molecule has 1 saturated heterocycles. The first-order valence-electron chi connectivity index (χ1n) is 9.88. The number of rotatable bonds is 7. The highest BCUT2D eigenvalue weighted by Crippen LogP contribution is 2.55. The molecule has 29 heavy (non-hydrogen) atoms. The molecular formula is C20H28N4O4S. The molecule has 0 bridgehead atoms. The molecule has 2 aliphatic rings. The number of aromatic nitrogens is 1. The number of hydrogen-bond donors (Lipinski definition) is 2. The van der Waals surface area contributed by atoms with Gasteiger partial charge in [0.2, 0.25) is 0 Å². The lowest BCUT2D eigenvalue weighted by Crippen LogP contribution is -2.42. The Morgan fingerprint density at radius 1 is 1.21 bits per heavy atom. The number of methoxy groups -OCH3 is 2. The van der Waals surface area contributed by atoms with Gasteiger partial charge in [-0.15, -0.1) is 0 Å². The summed E-state index contributed by atoms with van der Waals surface area (Å²) in [6.45, 7) is 2.30. The van der Waals surface area contributed by atoms with Gasteiger partial charge in [0.05, 0.1) is 19.7 Å². The Balaban J connectivity index is 1.51. The van der Waals surface area contributed by atoms with Gasteiger partial charge in [0.1, 0.15) is 0 Å². The van der Waals surface area contributed by atoms with E-state index in [1.807, 2.05) is 24.4 Å². The molecule has 1 aromatic carbocycles. The summed E-state index contributed by atoms with van der Waals surface area (Å²) in [5.41, 5.74) is 2.09. The number of nitrogens with one attached hydrogen (secondary N) is 1. The summed E-state index contributed by atoms with van der Waals surface area (Å²) in [5, 5.41) is 6.17. The van der Waals surface area contributed by atoms with Crippen LogP contribution in [0.4, 0.5) is 5.69 Å². The number of ether oxygens (including phenoxy) is 2. The number of pyridine rings is 1. The zero-order valence-electron chi connectivity index (χ0n) is 16.8. The van der Waals surface area contributed by atoms with Crippen LogP contribution in [0, 0.1) is 11.3 Å². The van der Waals surface area contributed by atoms with Crippen molar-refractivity contribution in [2.45, 2.75) is 25.7 Å². The maximum Gasteiger partial charge on any atom is 0.274 e. The summed E-state index contributed by atoms with van der Waals surface area (Å²) in [6.07, 6.45) is 6.02. The Morgan fingerprint density at radius 3 is 2.45 bits per heavy atom. The van der Waals surface area contributed by atoms with Crippen LogP contribution in [0.15, 0.2) is 24.4 Å². The zero-order chi connectivity index (χ0) is 20.6. The molecule has 158 valence electrons. The highest BCUT2D eigenvalue weighted by atomic mass is 32.2.